The number of nitrogens with zero attached hydrogens (tertiary/aromatic N) is 4. The molecular weight excluding hydrogens is 961 g/mol. The molecule has 4 heterocycles. The molecule has 0 bridgehead atoms. The number of aliphatic carboxylic acids is 1. The second kappa shape index (κ2) is 21.2. The van der Waals surface area contributed by atoms with Gasteiger partial charge in [-0.25, -0.2) is 4.79 Å². The number of hydrogen-bond donors (Lipinski definition) is 1. The SMILES string of the molecule is CCCCC1(CCCC)c2ccccc2-c2ccc(N(c3ccc(-c4ccc(-c5ccc(/C=C6\C(=O)N(c7ccncc7)N=C6C(=O)O)s5)s4)cc3)c3ccc4c(c3)C(CCCC)(CCCC)c3ccccc3-4)cc21. The van der Waals surface area contributed by atoms with Crippen molar-refractivity contribution < 1.29 is 14.7 Å². The Morgan fingerprint density at radius 1 is 0.560 bits per heavy atom. The van der Waals surface area contributed by atoms with Crippen LogP contribution in [0.5, 0.6) is 0 Å². The second-order valence-corrected chi connectivity index (χ2v) is 22.7. The van der Waals surface area contributed by atoms with Crippen LogP contribution < -0.4 is 9.91 Å². The highest BCUT2D eigenvalue weighted by molar-refractivity contribution is 7.24. The Labute approximate surface area is 450 Å². The van der Waals surface area contributed by atoms with Gasteiger partial charge in [0.05, 0.1) is 11.3 Å². The molecule has 1 N–H and O–H groups in total. The van der Waals surface area contributed by atoms with Gasteiger partial charge in [-0.3, -0.25) is 9.78 Å². The van der Waals surface area contributed by atoms with Crippen LogP contribution >= 0.6 is 22.7 Å². The molecule has 2 aliphatic carbocycles. The lowest BCUT2D eigenvalue weighted by atomic mass is 9.70. The van der Waals surface area contributed by atoms with Crippen molar-refractivity contribution in [2.45, 2.75) is 116 Å². The number of rotatable bonds is 20. The molecule has 11 rings (SSSR count). The third-order valence-corrected chi connectivity index (χ3v) is 18.4. The monoisotopic (exact) mass is 1020 g/mol. The van der Waals surface area contributed by atoms with E-state index in [4.69, 9.17) is 0 Å². The van der Waals surface area contributed by atoms with Crippen molar-refractivity contribution in [2.75, 3.05) is 9.91 Å². The first-order valence-electron chi connectivity index (χ1n) is 27.1. The highest BCUT2D eigenvalue weighted by Gasteiger charge is 2.44. The van der Waals surface area contributed by atoms with Gasteiger partial charge in [0.15, 0.2) is 5.71 Å². The van der Waals surface area contributed by atoms with Gasteiger partial charge in [-0.05, 0) is 155 Å². The van der Waals surface area contributed by atoms with Crippen LogP contribution in [0, 0.1) is 0 Å². The average Bonchev–Trinajstić information content (AvgIpc) is 4.33. The molecule has 1 aliphatic heterocycles. The molecule has 1 amide bonds. The van der Waals surface area contributed by atoms with E-state index >= 15 is 0 Å². The van der Waals surface area contributed by atoms with Crippen LogP contribution in [0.4, 0.5) is 22.7 Å². The smallest absolute Gasteiger partial charge is 0.357 e. The third kappa shape index (κ3) is 8.97. The number of aromatic nitrogens is 1. The Morgan fingerprint density at radius 2 is 1.04 bits per heavy atom. The summed E-state index contributed by atoms with van der Waals surface area (Å²) in [4.78, 5) is 36.4. The summed E-state index contributed by atoms with van der Waals surface area (Å²) in [5.74, 6) is -1.74. The lowest BCUT2D eigenvalue weighted by Gasteiger charge is -2.35. The molecule has 0 unspecified atom stereocenters. The van der Waals surface area contributed by atoms with Gasteiger partial charge < -0.3 is 10.0 Å². The summed E-state index contributed by atoms with van der Waals surface area (Å²) in [7, 11) is 0. The fourth-order valence-electron chi connectivity index (χ4n) is 12.3. The molecule has 75 heavy (non-hydrogen) atoms. The molecule has 0 spiro atoms. The normalized spacial score (nSPS) is 15.2. The van der Waals surface area contributed by atoms with E-state index < -0.39 is 11.9 Å². The highest BCUT2D eigenvalue weighted by Crippen LogP contribution is 2.58. The molecule has 0 fully saturated rings. The van der Waals surface area contributed by atoms with Gasteiger partial charge in [-0.15, -0.1) is 22.7 Å². The number of amides is 1. The number of anilines is 4. The van der Waals surface area contributed by atoms with Crippen LogP contribution in [-0.4, -0.2) is 27.7 Å². The predicted molar refractivity (Wildman–Crippen MR) is 313 cm³/mol. The molecule has 9 heteroatoms. The number of carboxylic acid groups (broad SMARTS) is 1. The van der Waals surface area contributed by atoms with Crippen molar-refractivity contribution in [3.63, 3.8) is 0 Å². The van der Waals surface area contributed by atoms with Gasteiger partial charge >= 0.3 is 5.97 Å². The zero-order valence-electron chi connectivity index (χ0n) is 43.4. The lowest BCUT2D eigenvalue weighted by molar-refractivity contribution is -0.129. The maximum atomic E-state index is 13.5. The molecule has 8 aromatic rings. The summed E-state index contributed by atoms with van der Waals surface area (Å²) in [5, 5.41) is 15.3. The van der Waals surface area contributed by atoms with Gasteiger partial charge in [0.25, 0.3) is 5.91 Å². The maximum Gasteiger partial charge on any atom is 0.357 e. The Kier molecular flexibility index (Phi) is 14.1. The molecule has 7 nitrogen and oxygen atoms in total. The molecular formula is C66H64N4O3S2. The van der Waals surface area contributed by atoms with Crippen molar-refractivity contribution in [1.29, 1.82) is 0 Å². The van der Waals surface area contributed by atoms with E-state index in [1.807, 2.05) is 12.1 Å². The minimum Gasteiger partial charge on any atom is -0.476 e. The van der Waals surface area contributed by atoms with Gasteiger partial charge in [0.1, 0.15) is 0 Å². The van der Waals surface area contributed by atoms with Crippen LogP contribution in [0.2, 0.25) is 0 Å². The number of unbranched alkanes of at least 4 members (excludes halogenated alkanes) is 4. The summed E-state index contributed by atoms with van der Waals surface area (Å²) in [6.07, 6.45) is 18.7. The van der Waals surface area contributed by atoms with Crippen LogP contribution in [0.25, 0.3) is 48.5 Å². The van der Waals surface area contributed by atoms with Crippen molar-refractivity contribution >= 4 is 69.1 Å². The van der Waals surface area contributed by atoms with E-state index in [9.17, 15) is 14.7 Å². The number of carboxylic acids is 1. The molecule has 0 saturated heterocycles. The fraction of sp³-hybridized carbons (Fsp3) is 0.273. The third-order valence-electron chi connectivity index (χ3n) is 16.0. The Bertz CT molecular complexity index is 3340. The van der Waals surface area contributed by atoms with E-state index in [0.29, 0.717) is 5.69 Å². The van der Waals surface area contributed by atoms with E-state index in [1.165, 1.54) is 92.9 Å². The van der Waals surface area contributed by atoms with E-state index in [-0.39, 0.29) is 22.1 Å². The van der Waals surface area contributed by atoms with Crippen LogP contribution in [0.15, 0.2) is 169 Å². The molecule has 3 aromatic heterocycles. The number of hydrogen-bond acceptors (Lipinski definition) is 7. The summed E-state index contributed by atoms with van der Waals surface area (Å²) in [6, 6.07) is 53.8. The van der Waals surface area contributed by atoms with Crippen molar-refractivity contribution in [1.82, 2.24) is 4.98 Å². The Hall–Kier alpha value is -7.20. The topological polar surface area (TPSA) is 86.1 Å². The Morgan fingerprint density at radius 3 is 1.57 bits per heavy atom. The standard InChI is InChI=1S/C66H64N4O3S2/c1-5-9-35-65(36-10-6-2)55-19-15-13-17-50(55)52-28-25-47(41-57(52)65)69(48-26-29-53-51-18-14-16-20-56(51)66(37-11-7-3,38-12-8-4)58(53)42-48)45-23-21-44(22-24-45)59-31-32-61(75-59)60-30-27-49(74-60)43-54-62(64(72)73)68-70(63(54)71)46-33-39-67-40-34-46/h13-34,39-43H,5-12,35-38H2,1-4H3,(H,72,73)/b54-43-. The molecule has 3 aliphatic rings. The minimum absolute atomic E-state index is 0.0408. The number of fused-ring (bicyclic) bond motifs is 6. The van der Waals surface area contributed by atoms with Crippen molar-refractivity contribution in [3.8, 4) is 42.4 Å². The fourth-order valence-corrected chi connectivity index (χ4v) is 14.4. The molecule has 0 radical (unpaired) electrons. The number of pyridine rings is 1. The number of hydrazone groups is 1. The maximum absolute atomic E-state index is 13.5. The molecule has 0 atom stereocenters. The van der Waals surface area contributed by atoms with Crippen LogP contribution in [-0.2, 0) is 20.4 Å². The first-order chi connectivity index (χ1) is 36.7. The van der Waals surface area contributed by atoms with Gasteiger partial charge in [-0.1, -0.05) is 152 Å². The first kappa shape index (κ1) is 50.0. The van der Waals surface area contributed by atoms with E-state index in [1.54, 1.807) is 41.9 Å². The number of benzene rings is 5. The summed E-state index contributed by atoms with van der Waals surface area (Å²) >= 11 is 3.24. The second-order valence-electron chi connectivity index (χ2n) is 20.5. The average molecular weight is 1030 g/mol. The number of thiophene rings is 2. The van der Waals surface area contributed by atoms with Crippen molar-refractivity contribution in [3.05, 3.63) is 191 Å². The predicted octanol–water partition coefficient (Wildman–Crippen LogP) is 18.2. The summed E-state index contributed by atoms with van der Waals surface area (Å²) < 4.78 is 0. The van der Waals surface area contributed by atoms with Crippen LogP contribution in [0.1, 0.15) is 132 Å². The van der Waals surface area contributed by atoms with E-state index in [2.05, 4.69) is 164 Å². The molecule has 378 valence electrons. The quantitative estimate of drug-likeness (QED) is 0.0769. The van der Waals surface area contributed by atoms with Crippen LogP contribution in [0.3, 0.4) is 0 Å². The highest BCUT2D eigenvalue weighted by atomic mass is 32.1. The summed E-state index contributed by atoms with van der Waals surface area (Å²) in [5.41, 5.74) is 16.2. The Balaban J connectivity index is 0.975. The zero-order chi connectivity index (χ0) is 51.7. The molecule has 0 saturated carbocycles. The number of carbonyl (C=O) groups is 2. The number of carbonyl (C=O) groups excluding carboxylic acids is 1. The van der Waals surface area contributed by atoms with E-state index in [0.717, 1.165) is 87.1 Å². The minimum atomic E-state index is -1.25. The zero-order valence-corrected chi connectivity index (χ0v) is 45.1. The molecule has 5 aromatic carbocycles. The largest absolute Gasteiger partial charge is 0.476 e. The van der Waals surface area contributed by atoms with Gasteiger partial charge in [0, 0.05) is 59.8 Å². The summed E-state index contributed by atoms with van der Waals surface area (Å²) in [6.45, 7) is 9.31. The van der Waals surface area contributed by atoms with Gasteiger partial charge in [-0.2, -0.15) is 10.1 Å². The van der Waals surface area contributed by atoms with Gasteiger partial charge in [0.2, 0.25) is 0 Å². The first-order valence-corrected chi connectivity index (χ1v) is 28.7. The lowest BCUT2D eigenvalue weighted by Crippen LogP contribution is -2.26. The van der Waals surface area contributed by atoms with Crippen molar-refractivity contribution in [2.24, 2.45) is 5.10 Å².